The van der Waals surface area contributed by atoms with Gasteiger partial charge in [-0.2, -0.15) is 0 Å². The molecule has 0 saturated carbocycles. The van der Waals surface area contributed by atoms with Crippen molar-refractivity contribution in [1.29, 1.82) is 0 Å². The zero-order valence-corrected chi connectivity index (χ0v) is 11.9. The number of hydrogen-bond donors (Lipinski definition) is 1. The van der Waals surface area contributed by atoms with E-state index < -0.39 is 17.7 Å². The van der Waals surface area contributed by atoms with E-state index in [0.29, 0.717) is 10.6 Å². The van der Waals surface area contributed by atoms with Crippen molar-refractivity contribution < 1.29 is 13.9 Å². The van der Waals surface area contributed by atoms with E-state index in [2.05, 4.69) is 0 Å². The second-order valence-corrected chi connectivity index (χ2v) is 5.28. The summed E-state index contributed by atoms with van der Waals surface area (Å²) in [5, 5.41) is 10.5. The average molecular weight is 381 g/mol. The van der Waals surface area contributed by atoms with Crippen LogP contribution in [0, 0.1) is 15.2 Å². The fourth-order valence-corrected chi connectivity index (χ4v) is 2.15. The Labute approximate surface area is 122 Å². The number of aliphatic hydroxyl groups excluding tert-OH is 1. The molecule has 0 spiro atoms. The summed E-state index contributed by atoms with van der Waals surface area (Å²) in [4.78, 5) is 0. The molecule has 0 heterocycles. The van der Waals surface area contributed by atoms with Crippen LogP contribution in [-0.2, 0) is 0 Å². The molecule has 0 aliphatic carbocycles. The second kappa shape index (κ2) is 5.50. The van der Waals surface area contributed by atoms with Crippen molar-refractivity contribution in [1.82, 2.24) is 0 Å². The molecule has 1 N–H and O–H groups in total. The van der Waals surface area contributed by atoms with E-state index in [1.807, 2.05) is 22.6 Å². The second-order valence-electron chi connectivity index (χ2n) is 3.71. The lowest BCUT2D eigenvalue weighted by Gasteiger charge is -2.14. The van der Waals surface area contributed by atoms with Crippen LogP contribution in [0.2, 0.25) is 5.02 Å². The minimum absolute atomic E-state index is 0.351. The van der Waals surface area contributed by atoms with Gasteiger partial charge in [0.25, 0.3) is 0 Å². The Hall–Kier alpha value is -0.720. The Morgan fingerprint density at radius 3 is 2.28 bits per heavy atom. The van der Waals surface area contributed by atoms with Crippen LogP contribution in [0.4, 0.5) is 8.78 Å². The number of aliphatic hydroxyl groups is 1. The molecule has 1 unspecified atom stereocenters. The predicted molar refractivity (Wildman–Crippen MR) is 74.6 cm³/mol. The lowest BCUT2D eigenvalue weighted by atomic mass is 10.0. The monoisotopic (exact) mass is 380 g/mol. The molecule has 0 fully saturated rings. The van der Waals surface area contributed by atoms with Crippen LogP contribution in [0.25, 0.3) is 0 Å². The Bertz CT molecular complexity index is 569. The van der Waals surface area contributed by atoms with E-state index in [-0.39, 0.29) is 5.56 Å². The molecular formula is C13H8ClF2IO. The van der Waals surface area contributed by atoms with Gasteiger partial charge in [-0.25, -0.2) is 8.78 Å². The van der Waals surface area contributed by atoms with E-state index in [1.54, 1.807) is 12.1 Å². The minimum Gasteiger partial charge on any atom is -0.383 e. The van der Waals surface area contributed by atoms with Gasteiger partial charge >= 0.3 is 0 Å². The largest absolute Gasteiger partial charge is 0.383 e. The maximum atomic E-state index is 13.5. The molecule has 18 heavy (non-hydrogen) atoms. The molecule has 1 nitrogen and oxygen atoms in total. The van der Waals surface area contributed by atoms with Crippen molar-refractivity contribution in [3.05, 3.63) is 67.8 Å². The SMILES string of the molecule is OC(c1ccc(I)c(Cl)c1)c1c(F)cccc1F. The van der Waals surface area contributed by atoms with Crippen molar-refractivity contribution in [2.75, 3.05) is 0 Å². The summed E-state index contributed by atoms with van der Waals surface area (Å²) in [5.74, 6) is -1.56. The van der Waals surface area contributed by atoms with Crippen LogP contribution in [0.1, 0.15) is 17.2 Å². The zero-order valence-electron chi connectivity index (χ0n) is 9.00. The molecule has 0 aliphatic heterocycles. The molecule has 94 valence electrons. The summed E-state index contributed by atoms with van der Waals surface area (Å²) in [6.07, 6.45) is -1.37. The summed E-state index contributed by atoms with van der Waals surface area (Å²) >= 11 is 7.95. The van der Waals surface area contributed by atoms with Gasteiger partial charge in [-0.15, -0.1) is 0 Å². The van der Waals surface area contributed by atoms with Gasteiger partial charge in [0, 0.05) is 3.57 Å². The van der Waals surface area contributed by atoms with Gasteiger partial charge in [-0.05, 0) is 52.4 Å². The third-order valence-electron chi connectivity index (χ3n) is 2.53. The maximum Gasteiger partial charge on any atom is 0.132 e. The molecular weight excluding hydrogens is 372 g/mol. The first-order valence-corrected chi connectivity index (χ1v) is 6.53. The Morgan fingerprint density at radius 2 is 1.72 bits per heavy atom. The first kappa shape index (κ1) is 13.7. The summed E-state index contributed by atoms with van der Waals surface area (Å²) in [5.41, 5.74) is -0.0146. The molecule has 5 heteroatoms. The predicted octanol–water partition coefficient (Wildman–Crippen LogP) is 4.30. The molecule has 0 saturated heterocycles. The topological polar surface area (TPSA) is 20.2 Å². The third kappa shape index (κ3) is 2.65. The van der Waals surface area contributed by atoms with Crippen LogP contribution in [0.5, 0.6) is 0 Å². The lowest BCUT2D eigenvalue weighted by Crippen LogP contribution is -2.05. The van der Waals surface area contributed by atoms with Crippen LogP contribution in [0.3, 0.4) is 0 Å². The van der Waals surface area contributed by atoms with Crippen LogP contribution in [0.15, 0.2) is 36.4 Å². The van der Waals surface area contributed by atoms with Crippen LogP contribution < -0.4 is 0 Å². The van der Waals surface area contributed by atoms with Crippen LogP contribution in [-0.4, -0.2) is 5.11 Å². The van der Waals surface area contributed by atoms with Crippen molar-refractivity contribution >= 4 is 34.2 Å². The van der Waals surface area contributed by atoms with Gasteiger partial charge in [0.2, 0.25) is 0 Å². The van der Waals surface area contributed by atoms with E-state index in [1.165, 1.54) is 12.1 Å². The van der Waals surface area contributed by atoms with E-state index in [0.717, 1.165) is 15.7 Å². The highest BCUT2D eigenvalue weighted by Gasteiger charge is 2.19. The number of halogens is 4. The highest BCUT2D eigenvalue weighted by molar-refractivity contribution is 14.1. The first-order valence-electron chi connectivity index (χ1n) is 5.07. The van der Waals surface area contributed by atoms with Gasteiger partial charge in [0.1, 0.15) is 17.7 Å². The Kier molecular flexibility index (Phi) is 4.19. The highest BCUT2D eigenvalue weighted by Crippen LogP contribution is 2.29. The Balaban J connectivity index is 2.48. The summed E-state index contributed by atoms with van der Waals surface area (Å²) in [6.45, 7) is 0. The maximum absolute atomic E-state index is 13.5. The summed E-state index contributed by atoms with van der Waals surface area (Å²) < 4.78 is 27.9. The van der Waals surface area contributed by atoms with Gasteiger partial charge in [0.15, 0.2) is 0 Å². The van der Waals surface area contributed by atoms with Gasteiger partial charge in [0.05, 0.1) is 10.6 Å². The van der Waals surface area contributed by atoms with Gasteiger partial charge in [-0.1, -0.05) is 23.7 Å². The molecule has 1 atom stereocenters. The standard InChI is InChI=1S/C13H8ClF2IO/c14-8-6-7(4-5-11(8)17)13(18)12-9(15)2-1-3-10(12)16/h1-6,13,18H. The molecule has 0 aromatic heterocycles. The molecule has 2 aromatic rings. The average Bonchev–Trinajstić information content (AvgIpc) is 2.32. The summed E-state index contributed by atoms with van der Waals surface area (Å²) in [6, 6.07) is 8.23. The molecule has 2 aromatic carbocycles. The first-order chi connectivity index (χ1) is 8.50. The molecule has 2 rings (SSSR count). The quantitative estimate of drug-likeness (QED) is 0.770. The van der Waals surface area contributed by atoms with Crippen molar-refractivity contribution in [3.63, 3.8) is 0 Å². The van der Waals surface area contributed by atoms with E-state index in [4.69, 9.17) is 11.6 Å². The number of benzene rings is 2. The smallest absolute Gasteiger partial charge is 0.132 e. The zero-order chi connectivity index (χ0) is 13.3. The minimum atomic E-state index is -1.37. The molecule has 0 amide bonds. The normalized spacial score (nSPS) is 12.5. The van der Waals surface area contributed by atoms with Crippen molar-refractivity contribution in [2.45, 2.75) is 6.10 Å². The van der Waals surface area contributed by atoms with Gasteiger partial charge < -0.3 is 5.11 Å². The van der Waals surface area contributed by atoms with Gasteiger partial charge in [-0.3, -0.25) is 0 Å². The number of hydrogen-bond acceptors (Lipinski definition) is 1. The molecule has 0 bridgehead atoms. The molecule has 0 aliphatic rings. The van der Waals surface area contributed by atoms with E-state index >= 15 is 0 Å². The fraction of sp³-hybridized carbons (Fsp3) is 0.0769. The fourth-order valence-electron chi connectivity index (χ4n) is 1.62. The lowest BCUT2D eigenvalue weighted by molar-refractivity contribution is 0.209. The number of rotatable bonds is 2. The Morgan fingerprint density at radius 1 is 1.11 bits per heavy atom. The van der Waals surface area contributed by atoms with E-state index in [9.17, 15) is 13.9 Å². The third-order valence-corrected chi connectivity index (χ3v) is 4.10. The summed E-state index contributed by atoms with van der Waals surface area (Å²) in [7, 11) is 0. The van der Waals surface area contributed by atoms with Crippen molar-refractivity contribution in [2.24, 2.45) is 0 Å². The van der Waals surface area contributed by atoms with Crippen LogP contribution >= 0.6 is 34.2 Å². The highest BCUT2D eigenvalue weighted by atomic mass is 127. The van der Waals surface area contributed by atoms with Crippen molar-refractivity contribution in [3.8, 4) is 0 Å². The molecule has 0 radical (unpaired) electrons.